The minimum absolute atomic E-state index is 0.00924. The highest BCUT2D eigenvalue weighted by molar-refractivity contribution is 5.93. The molecule has 0 saturated carbocycles. The fourth-order valence-corrected chi connectivity index (χ4v) is 1.79. The van der Waals surface area contributed by atoms with Gasteiger partial charge in [-0.1, -0.05) is 0 Å². The highest BCUT2D eigenvalue weighted by Gasteiger charge is 2.18. The number of methoxy groups -OCH3 is 2. The number of hydrogen-bond acceptors (Lipinski definition) is 7. The molecule has 0 aliphatic heterocycles. The van der Waals surface area contributed by atoms with Crippen LogP contribution >= 0.6 is 0 Å². The van der Waals surface area contributed by atoms with E-state index in [1.54, 1.807) is 13.0 Å². The van der Waals surface area contributed by atoms with Gasteiger partial charge in [-0.3, -0.25) is 0 Å². The van der Waals surface area contributed by atoms with E-state index in [4.69, 9.17) is 23.4 Å². The predicted octanol–water partition coefficient (Wildman–Crippen LogP) is 3.04. The van der Waals surface area contributed by atoms with E-state index in [2.05, 4.69) is 0 Å². The minimum atomic E-state index is -0.592. The molecule has 122 valence electrons. The third kappa shape index (κ3) is 3.82. The molecule has 2 rings (SSSR count). The fourth-order valence-electron chi connectivity index (χ4n) is 1.79. The SMILES string of the molecule is CCOC(=O)c1ccc(Oc2ccc(OC)cc2C(=O)OC)o1. The van der Waals surface area contributed by atoms with Crippen molar-refractivity contribution in [2.75, 3.05) is 20.8 Å². The molecule has 0 unspecified atom stereocenters. The standard InChI is InChI=1S/C16H16O7/c1-4-21-16(18)13-7-8-14(23-13)22-12-6-5-10(19-2)9-11(12)15(17)20-3/h5-9H,4H2,1-3H3. The van der Waals surface area contributed by atoms with Crippen LogP contribution in [0.3, 0.4) is 0 Å². The molecule has 0 fully saturated rings. The lowest BCUT2D eigenvalue weighted by Gasteiger charge is -2.09. The highest BCUT2D eigenvalue weighted by Crippen LogP contribution is 2.30. The molecule has 23 heavy (non-hydrogen) atoms. The monoisotopic (exact) mass is 320 g/mol. The van der Waals surface area contributed by atoms with Crippen LogP contribution in [0.5, 0.6) is 17.4 Å². The molecule has 2 aromatic rings. The third-order valence-corrected chi connectivity index (χ3v) is 2.86. The van der Waals surface area contributed by atoms with Crippen LogP contribution in [0.25, 0.3) is 0 Å². The molecule has 0 radical (unpaired) electrons. The van der Waals surface area contributed by atoms with Gasteiger partial charge in [0.15, 0.2) is 0 Å². The number of ether oxygens (including phenoxy) is 4. The molecule has 1 aromatic carbocycles. The first-order valence-electron chi connectivity index (χ1n) is 6.80. The Balaban J connectivity index is 2.26. The van der Waals surface area contributed by atoms with Crippen LogP contribution in [-0.4, -0.2) is 32.8 Å². The van der Waals surface area contributed by atoms with E-state index in [0.29, 0.717) is 5.75 Å². The van der Waals surface area contributed by atoms with Crippen molar-refractivity contribution in [3.8, 4) is 17.4 Å². The summed E-state index contributed by atoms with van der Waals surface area (Å²) in [5, 5.41) is 0. The second kappa shape index (κ2) is 7.35. The summed E-state index contributed by atoms with van der Waals surface area (Å²) in [7, 11) is 2.74. The van der Waals surface area contributed by atoms with E-state index in [1.165, 1.54) is 38.5 Å². The molecule has 0 aliphatic rings. The molecule has 0 saturated heterocycles. The maximum absolute atomic E-state index is 11.8. The summed E-state index contributed by atoms with van der Waals surface area (Å²) >= 11 is 0. The smallest absolute Gasteiger partial charge is 0.374 e. The van der Waals surface area contributed by atoms with Crippen molar-refractivity contribution < 1.29 is 33.0 Å². The Morgan fingerprint density at radius 2 is 1.87 bits per heavy atom. The number of furan rings is 1. The molecule has 0 atom stereocenters. The molecule has 0 amide bonds. The fraction of sp³-hybridized carbons (Fsp3) is 0.250. The summed E-state index contributed by atoms with van der Waals surface area (Å²) < 4.78 is 25.4. The van der Waals surface area contributed by atoms with Crippen LogP contribution in [0.2, 0.25) is 0 Å². The van der Waals surface area contributed by atoms with E-state index in [-0.39, 0.29) is 29.6 Å². The van der Waals surface area contributed by atoms with Crippen LogP contribution in [0.4, 0.5) is 0 Å². The molecule has 0 spiro atoms. The Hall–Kier alpha value is -2.96. The Morgan fingerprint density at radius 3 is 2.52 bits per heavy atom. The highest BCUT2D eigenvalue weighted by atomic mass is 16.6. The zero-order chi connectivity index (χ0) is 16.8. The van der Waals surface area contributed by atoms with Crippen LogP contribution in [0.15, 0.2) is 34.7 Å². The van der Waals surface area contributed by atoms with Crippen molar-refractivity contribution in [1.29, 1.82) is 0 Å². The lowest BCUT2D eigenvalue weighted by atomic mass is 10.2. The zero-order valence-electron chi connectivity index (χ0n) is 13.0. The summed E-state index contributed by atoms with van der Waals surface area (Å²) in [4.78, 5) is 23.4. The minimum Gasteiger partial charge on any atom is -0.497 e. The number of carbonyl (C=O) groups excluding carboxylic acids is 2. The summed E-state index contributed by atoms with van der Waals surface area (Å²) in [6, 6.07) is 7.52. The van der Waals surface area contributed by atoms with Gasteiger partial charge in [-0.2, -0.15) is 0 Å². The Labute approximate surface area is 132 Å². The Bertz CT molecular complexity index is 702. The molecule has 1 heterocycles. The van der Waals surface area contributed by atoms with Crippen molar-refractivity contribution >= 4 is 11.9 Å². The Morgan fingerprint density at radius 1 is 1.09 bits per heavy atom. The number of benzene rings is 1. The van der Waals surface area contributed by atoms with E-state index in [1.807, 2.05) is 0 Å². The van der Waals surface area contributed by atoms with Crippen molar-refractivity contribution in [3.05, 3.63) is 41.7 Å². The van der Waals surface area contributed by atoms with E-state index in [9.17, 15) is 9.59 Å². The summed E-state index contributed by atoms with van der Waals surface area (Å²) in [5.41, 5.74) is 0.168. The summed E-state index contributed by atoms with van der Waals surface area (Å²) in [6.45, 7) is 1.93. The number of rotatable bonds is 6. The van der Waals surface area contributed by atoms with E-state index >= 15 is 0 Å². The van der Waals surface area contributed by atoms with Crippen molar-refractivity contribution in [2.24, 2.45) is 0 Å². The lowest BCUT2D eigenvalue weighted by Crippen LogP contribution is -2.04. The normalized spacial score (nSPS) is 10.0. The molecular weight excluding hydrogens is 304 g/mol. The third-order valence-electron chi connectivity index (χ3n) is 2.86. The average Bonchev–Trinajstić information content (AvgIpc) is 3.03. The van der Waals surface area contributed by atoms with Crippen LogP contribution in [0.1, 0.15) is 27.8 Å². The molecular formula is C16H16O7. The topological polar surface area (TPSA) is 84.2 Å². The first-order valence-corrected chi connectivity index (χ1v) is 6.80. The van der Waals surface area contributed by atoms with Gasteiger partial charge in [0.2, 0.25) is 5.76 Å². The van der Waals surface area contributed by atoms with Gasteiger partial charge in [-0.15, -0.1) is 0 Å². The largest absolute Gasteiger partial charge is 0.497 e. The predicted molar refractivity (Wildman–Crippen MR) is 79.1 cm³/mol. The van der Waals surface area contributed by atoms with Crippen molar-refractivity contribution in [3.63, 3.8) is 0 Å². The van der Waals surface area contributed by atoms with E-state index in [0.717, 1.165) is 0 Å². The molecule has 0 aliphatic carbocycles. The molecule has 0 bridgehead atoms. The summed E-state index contributed by atoms with van der Waals surface area (Å²) in [6.07, 6.45) is 0. The van der Waals surface area contributed by atoms with Gasteiger partial charge in [0.05, 0.1) is 20.8 Å². The molecule has 7 heteroatoms. The van der Waals surface area contributed by atoms with Crippen LogP contribution < -0.4 is 9.47 Å². The van der Waals surface area contributed by atoms with E-state index < -0.39 is 11.9 Å². The first-order chi connectivity index (χ1) is 11.1. The molecule has 1 aromatic heterocycles. The van der Waals surface area contributed by atoms with Crippen molar-refractivity contribution in [1.82, 2.24) is 0 Å². The van der Waals surface area contributed by atoms with Gasteiger partial charge < -0.3 is 23.4 Å². The first kappa shape index (κ1) is 16.4. The number of hydrogen-bond donors (Lipinski definition) is 0. The van der Waals surface area contributed by atoms with Gasteiger partial charge in [0, 0.05) is 6.07 Å². The molecule has 7 nitrogen and oxygen atoms in total. The maximum Gasteiger partial charge on any atom is 0.374 e. The van der Waals surface area contributed by atoms with Gasteiger partial charge in [0.25, 0.3) is 5.95 Å². The lowest BCUT2D eigenvalue weighted by molar-refractivity contribution is 0.0483. The van der Waals surface area contributed by atoms with Gasteiger partial charge in [-0.05, 0) is 31.2 Å². The average molecular weight is 320 g/mol. The van der Waals surface area contributed by atoms with Crippen LogP contribution in [0, 0.1) is 0 Å². The van der Waals surface area contributed by atoms with Gasteiger partial charge >= 0.3 is 11.9 Å². The quantitative estimate of drug-likeness (QED) is 0.756. The number of carbonyl (C=O) groups is 2. The zero-order valence-corrected chi connectivity index (χ0v) is 13.0. The second-order valence-corrected chi connectivity index (χ2v) is 4.29. The number of esters is 2. The van der Waals surface area contributed by atoms with Gasteiger partial charge in [-0.25, -0.2) is 9.59 Å². The molecule has 0 N–H and O–H groups in total. The Kier molecular flexibility index (Phi) is 5.24. The second-order valence-electron chi connectivity index (χ2n) is 4.29. The van der Waals surface area contributed by atoms with Crippen LogP contribution in [-0.2, 0) is 9.47 Å². The summed E-state index contributed by atoms with van der Waals surface area (Å²) in [5.74, 6) is -0.438. The maximum atomic E-state index is 11.8. The van der Waals surface area contributed by atoms with Gasteiger partial charge in [0.1, 0.15) is 17.1 Å². The van der Waals surface area contributed by atoms with Crippen molar-refractivity contribution in [2.45, 2.75) is 6.92 Å².